The summed E-state index contributed by atoms with van der Waals surface area (Å²) in [6.45, 7) is 6.40. The third-order valence-electron chi connectivity index (χ3n) is 2.96. The van der Waals surface area contributed by atoms with Crippen LogP contribution in [0.15, 0.2) is 5.38 Å². The Morgan fingerprint density at radius 2 is 2.12 bits per heavy atom. The van der Waals surface area contributed by atoms with Crippen LogP contribution in [0.4, 0.5) is 0 Å². The van der Waals surface area contributed by atoms with Gasteiger partial charge in [-0.2, -0.15) is 0 Å². The number of hydrogen-bond acceptors (Lipinski definition) is 4. The fourth-order valence-corrected chi connectivity index (χ4v) is 2.73. The van der Waals surface area contributed by atoms with Crippen molar-refractivity contribution in [1.29, 1.82) is 0 Å². The van der Waals surface area contributed by atoms with Crippen LogP contribution in [0.3, 0.4) is 0 Å². The Kier molecular flexibility index (Phi) is 2.57. The topological polar surface area (TPSA) is 39.2 Å². The second-order valence-corrected chi connectivity index (χ2v) is 6.22. The lowest BCUT2D eigenvalue weighted by molar-refractivity contribution is -0.143. The van der Waals surface area contributed by atoms with Gasteiger partial charge >= 0.3 is 5.97 Å². The van der Waals surface area contributed by atoms with Crippen LogP contribution in [0, 0.1) is 0 Å². The number of esters is 1. The summed E-state index contributed by atoms with van der Waals surface area (Å²) in [5.74, 6) is -0.141. The number of aromatic nitrogens is 1. The number of ether oxygens (including phenoxy) is 1. The Balaban J connectivity index is 2.30. The molecule has 4 heteroatoms. The van der Waals surface area contributed by atoms with E-state index < -0.39 is 5.41 Å². The van der Waals surface area contributed by atoms with E-state index in [1.54, 1.807) is 11.3 Å². The lowest BCUT2D eigenvalue weighted by Gasteiger charge is -2.14. The molecule has 0 aromatic carbocycles. The molecule has 1 aromatic heterocycles. The molecular formula is C12H17NO2S. The van der Waals surface area contributed by atoms with Crippen molar-refractivity contribution in [2.24, 2.45) is 0 Å². The third kappa shape index (κ3) is 1.75. The monoisotopic (exact) mass is 239 g/mol. The minimum Gasteiger partial charge on any atom is -0.468 e. The van der Waals surface area contributed by atoms with E-state index in [4.69, 9.17) is 4.74 Å². The van der Waals surface area contributed by atoms with Gasteiger partial charge in [-0.15, -0.1) is 11.3 Å². The summed E-state index contributed by atoms with van der Waals surface area (Å²) < 4.78 is 4.85. The maximum absolute atomic E-state index is 11.7. The van der Waals surface area contributed by atoms with E-state index in [1.165, 1.54) is 7.11 Å². The molecule has 3 nitrogen and oxygen atoms in total. The molecule has 1 aliphatic rings. The maximum Gasteiger partial charge on any atom is 0.317 e. The molecule has 0 unspecified atom stereocenters. The summed E-state index contributed by atoms with van der Waals surface area (Å²) in [6.07, 6.45) is 1.74. The normalized spacial score (nSPS) is 18.2. The maximum atomic E-state index is 11.7. The number of nitrogens with zero attached hydrogens (tertiary/aromatic N) is 1. The molecule has 0 aliphatic heterocycles. The fourth-order valence-electron chi connectivity index (χ4n) is 1.72. The minimum atomic E-state index is -0.422. The van der Waals surface area contributed by atoms with Crippen LogP contribution in [0.2, 0.25) is 0 Å². The summed E-state index contributed by atoms with van der Waals surface area (Å²) in [7, 11) is 1.44. The van der Waals surface area contributed by atoms with Gasteiger partial charge in [0.15, 0.2) is 0 Å². The Bertz CT molecular complexity index is 413. The van der Waals surface area contributed by atoms with E-state index in [0.29, 0.717) is 0 Å². The van der Waals surface area contributed by atoms with E-state index in [1.807, 2.05) is 5.38 Å². The van der Waals surface area contributed by atoms with Crippen LogP contribution >= 0.6 is 11.3 Å². The Morgan fingerprint density at radius 1 is 1.50 bits per heavy atom. The van der Waals surface area contributed by atoms with E-state index in [0.717, 1.165) is 23.5 Å². The molecule has 0 N–H and O–H groups in total. The molecule has 0 atom stereocenters. The van der Waals surface area contributed by atoms with Crippen molar-refractivity contribution in [2.45, 2.75) is 44.4 Å². The molecule has 2 rings (SSSR count). The van der Waals surface area contributed by atoms with Crippen molar-refractivity contribution in [3.8, 4) is 0 Å². The van der Waals surface area contributed by atoms with Crippen molar-refractivity contribution < 1.29 is 9.53 Å². The first-order chi connectivity index (χ1) is 7.40. The van der Waals surface area contributed by atoms with E-state index >= 15 is 0 Å². The van der Waals surface area contributed by atoms with Crippen molar-refractivity contribution in [2.75, 3.05) is 7.11 Å². The number of methoxy groups -OCH3 is 1. The van der Waals surface area contributed by atoms with Gasteiger partial charge < -0.3 is 4.74 Å². The highest BCUT2D eigenvalue weighted by molar-refractivity contribution is 7.09. The van der Waals surface area contributed by atoms with Gasteiger partial charge in [-0.05, 0) is 12.8 Å². The zero-order valence-electron chi connectivity index (χ0n) is 10.2. The summed E-state index contributed by atoms with van der Waals surface area (Å²) in [4.78, 5) is 16.3. The lowest BCUT2D eigenvalue weighted by Crippen LogP contribution is -2.22. The highest BCUT2D eigenvalue weighted by Crippen LogP contribution is 2.49. The standard InChI is InChI=1S/C12H17NO2S/c1-11(2,3)9-13-8(7-16-9)12(5-6-12)10(14)15-4/h7H,5-6H2,1-4H3. The molecule has 0 bridgehead atoms. The van der Waals surface area contributed by atoms with Crippen LogP contribution in [0.25, 0.3) is 0 Å². The molecule has 1 aliphatic carbocycles. The number of hydrogen-bond donors (Lipinski definition) is 0. The first kappa shape index (κ1) is 11.6. The highest BCUT2D eigenvalue weighted by atomic mass is 32.1. The van der Waals surface area contributed by atoms with Gasteiger partial charge in [0.05, 0.1) is 17.8 Å². The molecule has 16 heavy (non-hydrogen) atoms. The average molecular weight is 239 g/mol. The van der Waals surface area contributed by atoms with Gasteiger partial charge in [-0.3, -0.25) is 4.79 Å². The SMILES string of the molecule is COC(=O)C1(c2csc(C(C)(C)C)n2)CC1. The quantitative estimate of drug-likeness (QED) is 0.745. The smallest absolute Gasteiger partial charge is 0.317 e. The molecular weight excluding hydrogens is 222 g/mol. The Labute approximate surface area is 99.8 Å². The van der Waals surface area contributed by atoms with Crippen molar-refractivity contribution in [3.63, 3.8) is 0 Å². The first-order valence-corrected chi connectivity index (χ1v) is 6.33. The molecule has 0 radical (unpaired) electrons. The molecule has 1 heterocycles. The molecule has 0 spiro atoms. The Morgan fingerprint density at radius 3 is 2.50 bits per heavy atom. The zero-order valence-corrected chi connectivity index (χ0v) is 11.0. The number of carbonyl (C=O) groups is 1. The van der Waals surface area contributed by atoms with Gasteiger partial charge in [-0.1, -0.05) is 20.8 Å². The summed E-state index contributed by atoms with van der Waals surface area (Å²) in [6, 6.07) is 0. The van der Waals surface area contributed by atoms with E-state index in [-0.39, 0.29) is 11.4 Å². The number of thiazole rings is 1. The summed E-state index contributed by atoms with van der Waals surface area (Å²) in [5.41, 5.74) is 0.526. The van der Waals surface area contributed by atoms with E-state index in [2.05, 4.69) is 25.8 Å². The largest absolute Gasteiger partial charge is 0.468 e. The molecule has 1 fully saturated rings. The lowest BCUT2D eigenvalue weighted by atomic mass is 9.97. The zero-order chi connectivity index (χ0) is 12.0. The molecule has 88 valence electrons. The van der Waals surface area contributed by atoms with Crippen LogP contribution in [-0.2, 0) is 20.4 Å². The second kappa shape index (κ2) is 3.55. The third-order valence-corrected chi connectivity index (χ3v) is 4.23. The van der Waals surface area contributed by atoms with Gasteiger partial charge in [0.2, 0.25) is 0 Å². The molecule has 0 saturated heterocycles. The molecule has 0 amide bonds. The second-order valence-electron chi connectivity index (χ2n) is 5.36. The summed E-state index contributed by atoms with van der Waals surface area (Å²) in [5, 5.41) is 3.09. The molecule has 1 saturated carbocycles. The first-order valence-electron chi connectivity index (χ1n) is 5.45. The number of rotatable bonds is 2. The summed E-state index contributed by atoms with van der Waals surface area (Å²) >= 11 is 1.63. The predicted octanol–water partition coefficient (Wildman–Crippen LogP) is 2.65. The van der Waals surface area contributed by atoms with Crippen LogP contribution < -0.4 is 0 Å². The number of carbonyl (C=O) groups excluding carboxylic acids is 1. The van der Waals surface area contributed by atoms with E-state index in [9.17, 15) is 4.79 Å². The Hall–Kier alpha value is -0.900. The van der Waals surface area contributed by atoms with Crippen molar-refractivity contribution >= 4 is 17.3 Å². The fraction of sp³-hybridized carbons (Fsp3) is 0.667. The van der Waals surface area contributed by atoms with Gasteiger partial charge in [0.25, 0.3) is 0 Å². The highest BCUT2D eigenvalue weighted by Gasteiger charge is 2.54. The van der Waals surface area contributed by atoms with Crippen molar-refractivity contribution in [1.82, 2.24) is 4.98 Å². The average Bonchev–Trinajstić information content (AvgIpc) is 2.85. The van der Waals surface area contributed by atoms with Gasteiger partial charge in [0, 0.05) is 10.8 Å². The minimum absolute atomic E-state index is 0.0507. The van der Waals surface area contributed by atoms with Crippen LogP contribution in [0.5, 0.6) is 0 Å². The van der Waals surface area contributed by atoms with Gasteiger partial charge in [0.1, 0.15) is 5.41 Å². The van der Waals surface area contributed by atoms with Gasteiger partial charge in [-0.25, -0.2) is 4.98 Å². The van der Waals surface area contributed by atoms with Crippen molar-refractivity contribution in [3.05, 3.63) is 16.1 Å². The van der Waals surface area contributed by atoms with Crippen LogP contribution in [0.1, 0.15) is 44.3 Å². The molecule has 1 aromatic rings. The predicted molar refractivity (Wildman–Crippen MR) is 63.7 cm³/mol. The van der Waals surface area contributed by atoms with Crippen LogP contribution in [-0.4, -0.2) is 18.1 Å².